The smallest absolute Gasteiger partial charge is 0.210 e. The highest BCUT2D eigenvalue weighted by molar-refractivity contribution is 6.31. The van der Waals surface area contributed by atoms with Gasteiger partial charge in [-0.1, -0.05) is 29.8 Å². The quantitative estimate of drug-likeness (QED) is 0.523. The lowest BCUT2D eigenvalue weighted by molar-refractivity contribution is -0.120. The summed E-state index contributed by atoms with van der Waals surface area (Å²) in [4.78, 5) is 18.4. The summed E-state index contributed by atoms with van der Waals surface area (Å²) in [5, 5.41) is 1.86. The number of benzene rings is 2. The number of hydrogen-bond acceptors (Lipinski definition) is 4. The van der Waals surface area contributed by atoms with Crippen molar-refractivity contribution in [1.82, 2.24) is 14.4 Å². The van der Waals surface area contributed by atoms with Gasteiger partial charge in [0.15, 0.2) is 0 Å². The van der Waals surface area contributed by atoms with E-state index in [1.54, 1.807) is 7.11 Å². The largest absolute Gasteiger partial charge is 0.495 e. The lowest BCUT2D eigenvalue weighted by Crippen LogP contribution is -2.48. The van der Waals surface area contributed by atoms with Crippen LogP contribution in [0.5, 0.6) is 5.75 Å². The van der Waals surface area contributed by atoms with Gasteiger partial charge >= 0.3 is 0 Å². The Balaban J connectivity index is 1.74. The SMILES string of the molecule is COc1ccccc1N1CCN(C=O)C(c2cn(CCN(C)C)c3cc(Cl)ccc23)C1. The van der Waals surface area contributed by atoms with E-state index in [2.05, 4.69) is 46.8 Å². The number of carbonyl (C=O) groups excluding carboxylic acids is 1. The van der Waals surface area contributed by atoms with E-state index >= 15 is 0 Å². The van der Waals surface area contributed by atoms with Gasteiger partial charge in [-0.05, 0) is 38.4 Å². The normalized spacial score (nSPS) is 16.9. The van der Waals surface area contributed by atoms with Crippen LogP contribution in [0.2, 0.25) is 5.02 Å². The zero-order valence-corrected chi connectivity index (χ0v) is 19.0. The van der Waals surface area contributed by atoms with Gasteiger partial charge in [0, 0.05) is 60.4 Å². The van der Waals surface area contributed by atoms with E-state index in [0.29, 0.717) is 13.1 Å². The van der Waals surface area contributed by atoms with Crippen molar-refractivity contribution in [2.24, 2.45) is 0 Å². The number of halogens is 1. The van der Waals surface area contributed by atoms with E-state index in [9.17, 15) is 4.79 Å². The molecule has 0 saturated carbocycles. The molecule has 31 heavy (non-hydrogen) atoms. The van der Waals surface area contributed by atoms with Crippen molar-refractivity contribution in [2.75, 3.05) is 52.3 Å². The molecule has 1 fully saturated rings. The fraction of sp³-hybridized carbons (Fsp3) is 0.375. The third kappa shape index (κ3) is 4.36. The Kier molecular flexibility index (Phi) is 6.39. The minimum atomic E-state index is -0.0551. The number of hydrogen-bond donors (Lipinski definition) is 0. The molecule has 6 nitrogen and oxygen atoms in total. The average Bonchev–Trinajstić information content (AvgIpc) is 3.14. The molecule has 1 amide bonds. The van der Waals surface area contributed by atoms with Crippen molar-refractivity contribution in [3.05, 3.63) is 59.2 Å². The number of ether oxygens (including phenoxy) is 1. The number of amides is 1. The number of piperazine rings is 1. The molecule has 0 spiro atoms. The molecule has 7 heteroatoms. The van der Waals surface area contributed by atoms with Crippen LogP contribution < -0.4 is 9.64 Å². The van der Waals surface area contributed by atoms with Gasteiger partial charge in [0.1, 0.15) is 5.75 Å². The Bertz CT molecular complexity index is 1060. The second-order valence-corrected chi connectivity index (χ2v) is 8.66. The number of anilines is 1. The van der Waals surface area contributed by atoms with Gasteiger partial charge in [-0.25, -0.2) is 0 Å². The van der Waals surface area contributed by atoms with Crippen LogP contribution in [0, 0.1) is 0 Å². The van der Waals surface area contributed by atoms with Crippen LogP contribution in [-0.4, -0.2) is 68.2 Å². The first-order valence-corrected chi connectivity index (χ1v) is 10.9. The molecular formula is C24H29ClN4O2. The Morgan fingerprint density at radius 2 is 2.00 bits per heavy atom. The summed E-state index contributed by atoms with van der Waals surface area (Å²) in [5.74, 6) is 0.848. The second-order valence-electron chi connectivity index (χ2n) is 8.22. The lowest BCUT2D eigenvalue weighted by Gasteiger charge is -2.41. The zero-order valence-electron chi connectivity index (χ0n) is 18.3. The number of aromatic nitrogens is 1. The van der Waals surface area contributed by atoms with E-state index in [-0.39, 0.29) is 6.04 Å². The van der Waals surface area contributed by atoms with Crippen molar-refractivity contribution < 1.29 is 9.53 Å². The summed E-state index contributed by atoms with van der Waals surface area (Å²) in [5.41, 5.74) is 3.31. The van der Waals surface area contributed by atoms with Gasteiger partial charge in [-0.3, -0.25) is 4.79 Å². The van der Waals surface area contributed by atoms with Crippen molar-refractivity contribution in [1.29, 1.82) is 0 Å². The summed E-state index contributed by atoms with van der Waals surface area (Å²) in [6, 6.07) is 14.0. The van der Waals surface area contributed by atoms with Crippen LogP contribution in [0.25, 0.3) is 10.9 Å². The Hall–Kier alpha value is -2.70. The maximum atomic E-state index is 12.0. The third-order valence-corrected chi connectivity index (χ3v) is 6.24. The molecule has 0 aliphatic carbocycles. The summed E-state index contributed by atoms with van der Waals surface area (Å²) in [6.45, 7) is 3.90. The topological polar surface area (TPSA) is 41.0 Å². The molecule has 164 valence electrons. The molecule has 1 saturated heterocycles. The molecule has 1 unspecified atom stereocenters. The first-order valence-electron chi connectivity index (χ1n) is 10.5. The molecule has 1 aliphatic heterocycles. The van der Waals surface area contributed by atoms with Crippen molar-refractivity contribution in [2.45, 2.75) is 12.6 Å². The lowest BCUT2D eigenvalue weighted by atomic mass is 10.0. The van der Waals surface area contributed by atoms with E-state index < -0.39 is 0 Å². The number of rotatable bonds is 7. The minimum absolute atomic E-state index is 0.0551. The third-order valence-electron chi connectivity index (χ3n) is 6.01. The van der Waals surface area contributed by atoms with E-state index in [1.165, 1.54) is 0 Å². The van der Waals surface area contributed by atoms with Crippen molar-refractivity contribution in [3.63, 3.8) is 0 Å². The summed E-state index contributed by atoms with van der Waals surface area (Å²) in [6.07, 6.45) is 3.17. The fourth-order valence-corrected chi connectivity index (χ4v) is 4.53. The van der Waals surface area contributed by atoms with Crippen LogP contribution >= 0.6 is 11.6 Å². The molecule has 2 heterocycles. The maximum Gasteiger partial charge on any atom is 0.210 e. The number of likely N-dealkylation sites (N-methyl/N-ethyl adjacent to an activating group) is 1. The molecule has 0 radical (unpaired) electrons. The minimum Gasteiger partial charge on any atom is -0.495 e. The van der Waals surface area contributed by atoms with E-state index in [4.69, 9.17) is 16.3 Å². The fourth-order valence-electron chi connectivity index (χ4n) is 4.36. The number of fused-ring (bicyclic) bond motifs is 1. The number of carbonyl (C=O) groups is 1. The van der Waals surface area contributed by atoms with Crippen molar-refractivity contribution >= 4 is 34.6 Å². The van der Waals surface area contributed by atoms with Gasteiger partial charge in [0.2, 0.25) is 6.41 Å². The van der Waals surface area contributed by atoms with Gasteiger partial charge in [0.25, 0.3) is 0 Å². The Morgan fingerprint density at radius 1 is 1.19 bits per heavy atom. The summed E-state index contributed by atoms with van der Waals surface area (Å²) >= 11 is 6.33. The van der Waals surface area contributed by atoms with Gasteiger partial charge in [-0.15, -0.1) is 0 Å². The number of methoxy groups -OCH3 is 1. The molecule has 2 aromatic carbocycles. The molecule has 4 rings (SSSR count). The van der Waals surface area contributed by atoms with Crippen LogP contribution in [-0.2, 0) is 11.3 Å². The monoisotopic (exact) mass is 440 g/mol. The highest BCUT2D eigenvalue weighted by atomic mass is 35.5. The molecule has 0 bridgehead atoms. The Labute approximate surface area is 188 Å². The predicted octanol–water partition coefficient (Wildman–Crippen LogP) is 3.88. The first kappa shape index (κ1) is 21.5. The average molecular weight is 441 g/mol. The summed E-state index contributed by atoms with van der Waals surface area (Å²) in [7, 11) is 5.83. The van der Waals surface area contributed by atoms with Crippen molar-refractivity contribution in [3.8, 4) is 5.75 Å². The first-order chi connectivity index (χ1) is 15.0. The highest BCUT2D eigenvalue weighted by Crippen LogP contribution is 2.36. The molecule has 0 N–H and O–H groups in total. The molecule has 1 aromatic heterocycles. The van der Waals surface area contributed by atoms with Gasteiger partial charge < -0.3 is 24.0 Å². The Morgan fingerprint density at radius 3 is 2.74 bits per heavy atom. The van der Waals surface area contributed by atoms with Crippen LogP contribution in [0.15, 0.2) is 48.7 Å². The van der Waals surface area contributed by atoms with Gasteiger partial charge in [0.05, 0.1) is 18.8 Å². The maximum absolute atomic E-state index is 12.0. The highest BCUT2D eigenvalue weighted by Gasteiger charge is 2.31. The molecule has 1 atom stereocenters. The number of nitrogens with zero attached hydrogens (tertiary/aromatic N) is 4. The van der Waals surface area contributed by atoms with Crippen LogP contribution in [0.4, 0.5) is 5.69 Å². The standard InChI is InChI=1S/C24H29ClN4O2/c1-26(2)10-11-27-15-20(19-9-8-18(25)14-22(19)27)23-16-28(12-13-29(23)17-30)21-6-4-5-7-24(21)31-3/h4-9,14-15,17,23H,10-13,16H2,1-3H3. The zero-order chi connectivity index (χ0) is 22.0. The molecule has 3 aromatic rings. The molecular weight excluding hydrogens is 412 g/mol. The van der Waals surface area contributed by atoms with Crippen LogP contribution in [0.1, 0.15) is 11.6 Å². The van der Waals surface area contributed by atoms with E-state index in [1.807, 2.05) is 35.2 Å². The predicted molar refractivity (Wildman–Crippen MR) is 126 cm³/mol. The van der Waals surface area contributed by atoms with Crippen LogP contribution in [0.3, 0.4) is 0 Å². The second kappa shape index (κ2) is 9.20. The van der Waals surface area contributed by atoms with Gasteiger partial charge in [-0.2, -0.15) is 0 Å². The number of para-hydroxylation sites is 2. The molecule has 1 aliphatic rings. The van der Waals surface area contributed by atoms with E-state index in [0.717, 1.165) is 59.0 Å². The summed E-state index contributed by atoms with van der Waals surface area (Å²) < 4.78 is 7.84.